The molecule has 0 aliphatic heterocycles. The fourth-order valence-electron chi connectivity index (χ4n) is 7.58. The second-order valence-corrected chi connectivity index (χ2v) is 10.8. The van der Waals surface area contributed by atoms with Crippen molar-refractivity contribution in [2.75, 3.05) is 6.61 Å². The van der Waals surface area contributed by atoms with E-state index < -0.39 is 52.5 Å². The number of halogens is 1. The Kier molecular flexibility index (Phi) is 5.97. The van der Waals surface area contributed by atoms with Crippen LogP contribution >= 0.6 is 0 Å². The van der Waals surface area contributed by atoms with Crippen LogP contribution in [0.5, 0.6) is 0 Å². The Morgan fingerprint density at radius 2 is 1.97 bits per heavy atom. The molecular weight excluding hydrogens is 427 g/mol. The molecule has 0 saturated heterocycles. The van der Waals surface area contributed by atoms with Crippen molar-refractivity contribution in [2.45, 2.75) is 89.5 Å². The van der Waals surface area contributed by atoms with E-state index in [1.807, 2.05) is 13.8 Å². The van der Waals surface area contributed by atoms with Gasteiger partial charge < -0.3 is 14.9 Å². The lowest BCUT2D eigenvalue weighted by Crippen LogP contribution is -2.69. The van der Waals surface area contributed by atoms with Crippen LogP contribution in [0.4, 0.5) is 4.39 Å². The van der Waals surface area contributed by atoms with Crippen LogP contribution in [0.15, 0.2) is 23.8 Å². The summed E-state index contributed by atoms with van der Waals surface area (Å²) in [5.41, 5.74) is -5.01. The van der Waals surface area contributed by atoms with E-state index >= 15 is 4.39 Å². The molecule has 0 aromatic heterocycles. The summed E-state index contributed by atoms with van der Waals surface area (Å²) in [6.45, 7) is 4.72. The van der Waals surface area contributed by atoms with E-state index in [4.69, 9.17) is 4.74 Å². The standard InChI is InChI=1S/C26H35FO6/c1-4-5-6-22(32)33-25(21(31)15-28)12-10-18-19-8-7-16-13-17(29)9-11-23(16,2)26(19,27)20(30)14-24(18,25)3/h9,11,13,18-20,28,30H,4-8,10,12,14-15H2,1-3H3. The lowest BCUT2D eigenvalue weighted by Gasteiger charge is -2.62. The predicted octanol–water partition coefficient (Wildman–Crippen LogP) is 3.39. The molecule has 182 valence electrons. The van der Waals surface area contributed by atoms with Gasteiger partial charge in [0.2, 0.25) is 5.78 Å². The number of fused-ring (bicyclic) bond motifs is 5. The highest BCUT2D eigenvalue weighted by molar-refractivity contribution is 6.01. The lowest BCUT2D eigenvalue weighted by atomic mass is 9.44. The Labute approximate surface area is 194 Å². The number of ether oxygens (including phenoxy) is 1. The smallest absolute Gasteiger partial charge is 0.306 e. The number of aliphatic hydroxyl groups excluding tert-OH is 2. The van der Waals surface area contributed by atoms with E-state index in [0.717, 1.165) is 6.42 Å². The van der Waals surface area contributed by atoms with E-state index in [-0.39, 0.29) is 31.0 Å². The number of carbonyl (C=O) groups is 3. The van der Waals surface area contributed by atoms with Gasteiger partial charge in [0.05, 0.1) is 6.10 Å². The van der Waals surface area contributed by atoms with Crippen LogP contribution < -0.4 is 0 Å². The third-order valence-electron chi connectivity index (χ3n) is 9.38. The first-order valence-electron chi connectivity index (χ1n) is 12.2. The number of unbranched alkanes of at least 4 members (excludes halogenated alkanes) is 1. The molecule has 0 heterocycles. The lowest BCUT2D eigenvalue weighted by molar-refractivity contribution is -0.225. The summed E-state index contributed by atoms with van der Waals surface area (Å²) in [7, 11) is 0. The number of Topliss-reactive ketones (excluding diaryl/α,β-unsaturated/α-hetero) is 1. The minimum Gasteiger partial charge on any atom is -0.450 e. The summed E-state index contributed by atoms with van der Waals surface area (Å²) >= 11 is 0. The number of rotatable bonds is 6. The molecule has 7 atom stereocenters. The van der Waals surface area contributed by atoms with E-state index in [9.17, 15) is 24.6 Å². The Balaban J connectivity index is 1.75. The summed E-state index contributed by atoms with van der Waals surface area (Å²) in [5, 5.41) is 21.2. The first-order chi connectivity index (χ1) is 15.5. The van der Waals surface area contributed by atoms with Gasteiger partial charge in [-0.2, -0.15) is 0 Å². The fraction of sp³-hybridized carbons (Fsp3) is 0.731. The van der Waals surface area contributed by atoms with Gasteiger partial charge in [0, 0.05) is 23.2 Å². The summed E-state index contributed by atoms with van der Waals surface area (Å²) in [4.78, 5) is 37.7. The Morgan fingerprint density at radius 3 is 2.64 bits per heavy atom. The maximum atomic E-state index is 17.1. The van der Waals surface area contributed by atoms with Gasteiger partial charge in [-0.3, -0.25) is 14.4 Å². The minimum atomic E-state index is -2.01. The molecule has 4 rings (SSSR count). The van der Waals surface area contributed by atoms with Gasteiger partial charge in [-0.25, -0.2) is 4.39 Å². The van der Waals surface area contributed by atoms with E-state index in [0.29, 0.717) is 31.3 Å². The molecule has 0 amide bonds. The maximum Gasteiger partial charge on any atom is 0.306 e. The summed E-state index contributed by atoms with van der Waals surface area (Å²) < 4.78 is 23.0. The third kappa shape index (κ3) is 3.14. The fourth-order valence-corrected chi connectivity index (χ4v) is 7.58. The van der Waals surface area contributed by atoms with Crippen LogP contribution in [-0.2, 0) is 19.1 Å². The molecule has 33 heavy (non-hydrogen) atoms. The molecule has 0 aromatic rings. The molecule has 4 aliphatic carbocycles. The normalized spacial score (nSPS) is 43.9. The van der Waals surface area contributed by atoms with E-state index in [1.54, 1.807) is 13.0 Å². The third-order valence-corrected chi connectivity index (χ3v) is 9.38. The molecular formula is C26H35FO6. The van der Waals surface area contributed by atoms with Gasteiger partial charge in [-0.1, -0.05) is 31.9 Å². The zero-order valence-corrected chi connectivity index (χ0v) is 19.7. The van der Waals surface area contributed by atoms with Crippen molar-refractivity contribution >= 4 is 17.5 Å². The summed E-state index contributed by atoms with van der Waals surface area (Å²) in [6, 6.07) is 0. The van der Waals surface area contributed by atoms with Crippen molar-refractivity contribution in [3.05, 3.63) is 23.8 Å². The van der Waals surface area contributed by atoms with Gasteiger partial charge in [-0.15, -0.1) is 0 Å². The monoisotopic (exact) mass is 462 g/mol. The van der Waals surface area contributed by atoms with Crippen molar-refractivity contribution in [2.24, 2.45) is 22.7 Å². The van der Waals surface area contributed by atoms with Crippen LogP contribution in [0.3, 0.4) is 0 Å². The topological polar surface area (TPSA) is 101 Å². The number of carbonyl (C=O) groups excluding carboxylic acids is 3. The second-order valence-electron chi connectivity index (χ2n) is 10.8. The highest BCUT2D eigenvalue weighted by Crippen LogP contribution is 2.70. The zero-order chi connectivity index (χ0) is 24.2. The van der Waals surface area contributed by atoms with Crippen molar-refractivity contribution in [1.29, 1.82) is 0 Å². The van der Waals surface area contributed by atoms with E-state index in [2.05, 4.69) is 0 Å². The first-order valence-corrected chi connectivity index (χ1v) is 12.2. The highest BCUT2D eigenvalue weighted by atomic mass is 19.1. The summed E-state index contributed by atoms with van der Waals surface area (Å²) in [6.07, 6.45) is 6.18. The van der Waals surface area contributed by atoms with Gasteiger partial charge in [-0.05, 0) is 63.5 Å². The molecule has 2 N–H and O–H groups in total. The van der Waals surface area contributed by atoms with Gasteiger partial charge in [0.15, 0.2) is 17.1 Å². The second kappa shape index (κ2) is 8.12. The van der Waals surface area contributed by atoms with Crippen molar-refractivity contribution < 1.29 is 33.7 Å². The van der Waals surface area contributed by atoms with Crippen LogP contribution in [-0.4, -0.2) is 51.7 Å². The minimum absolute atomic E-state index is 0.0673. The number of hydrogen-bond donors (Lipinski definition) is 2. The van der Waals surface area contributed by atoms with Gasteiger partial charge in [0.1, 0.15) is 6.61 Å². The quantitative estimate of drug-likeness (QED) is 0.587. The van der Waals surface area contributed by atoms with Crippen LogP contribution in [0.1, 0.15) is 72.1 Å². The Bertz CT molecular complexity index is 926. The number of aliphatic hydroxyl groups is 2. The largest absolute Gasteiger partial charge is 0.450 e. The van der Waals surface area contributed by atoms with Crippen LogP contribution in [0.25, 0.3) is 0 Å². The van der Waals surface area contributed by atoms with Crippen molar-refractivity contribution in [1.82, 2.24) is 0 Å². The van der Waals surface area contributed by atoms with Crippen LogP contribution in [0, 0.1) is 22.7 Å². The first kappa shape index (κ1) is 24.3. The number of hydrogen-bond acceptors (Lipinski definition) is 6. The molecule has 6 nitrogen and oxygen atoms in total. The number of allylic oxidation sites excluding steroid dienone is 4. The van der Waals surface area contributed by atoms with Crippen LogP contribution in [0.2, 0.25) is 0 Å². The molecule has 0 bridgehead atoms. The van der Waals surface area contributed by atoms with Crippen molar-refractivity contribution in [3.8, 4) is 0 Å². The number of alkyl halides is 1. The van der Waals surface area contributed by atoms with E-state index in [1.165, 1.54) is 12.2 Å². The molecule has 3 saturated carbocycles. The SMILES string of the molecule is CCCCC(=O)OC1(C(=O)CO)CCC2C3CCC4=CC(=O)C=CC4(C)C3(F)C(O)CC21C. The molecule has 0 spiro atoms. The molecule has 4 aliphatic rings. The van der Waals surface area contributed by atoms with Gasteiger partial charge >= 0.3 is 5.97 Å². The average Bonchev–Trinajstić information content (AvgIpc) is 3.05. The van der Waals surface area contributed by atoms with Gasteiger partial charge in [0.25, 0.3) is 0 Å². The Hall–Kier alpha value is -1.86. The predicted molar refractivity (Wildman–Crippen MR) is 119 cm³/mol. The number of esters is 1. The van der Waals surface area contributed by atoms with Crippen molar-refractivity contribution in [3.63, 3.8) is 0 Å². The molecule has 7 heteroatoms. The highest BCUT2D eigenvalue weighted by Gasteiger charge is 2.75. The molecule has 7 unspecified atom stereocenters. The molecule has 3 fully saturated rings. The molecule has 0 aromatic carbocycles. The summed E-state index contributed by atoms with van der Waals surface area (Å²) in [5.74, 6) is -2.14. The average molecular weight is 463 g/mol. The Morgan fingerprint density at radius 1 is 1.24 bits per heavy atom. The zero-order valence-electron chi connectivity index (χ0n) is 19.7. The molecule has 0 radical (unpaired) electrons. The number of ketones is 2. The maximum absolute atomic E-state index is 17.1.